The first-order chi connectivity index (χ1) is 7.17. The van der Waals surface area contributed by atoms with E-state index in [4.69, 9.17) is 0 Å². The Labute approximate surface area is 89.1 Å². The van der Waals surface area contributed by atoms with Crippen LogP contribution in [0.4, 0.5) is 8.78 Å². The van der Waals surface area contributed by atoms with Crippen molar-refractivity contribution in [3.63, 3.8) is 0 Å². The molecule has 0 radical (unpaired) electrons. The van der Waals surface area contributed by atoms with Crippen LogP contribution in [0.2, 0.25) is 0 Å². The first kappa shape index (κ1) is 12.0. The summed E-state index contributed by atoms with van der Waals surface area (Å²) in [5.41, 5.74) is 1.88. The summed E-state index contributed by atoms with van der Waals surface area (Å²) in [5.74, 6) is 0.325. The van der Waals surface area contributed by atoms with Crippen molar-refractivity contribution in [1.82, 2.24) is 0 Å². The predicted molar refractivity (Wildman–Crippen MR) is 56.4 cm³/mol. The summed E-state index contributed by atoms with van der Waals surface area (Å²) in [5, 5.41) is 0. The van der Waals surface area contributed by atoms with E-state index >= 15 is 0 Å². The van der Waals surface area contributed by atoms with E-state index in [1.165, 1.54) is 0 Å². The smallest absolute Gasteiger partial charge is 0.387 e. The summed E-state index contributed by atoms with van der Waals surface area (Å²) in [6.07, 6.45) is 2.52. The van der Waals surface area contributed by atoms with Gasteiger partial charge in [-0.25, -0.2) is 0 Å². The van der Waals surface area contributed by atoms with Crippen molar-refractivity contribution in [3.05, 3.63) is 29.3 Å². The van der Waals surface area contributed by atoms with Crippen LogP contribution < -0.4 is 4.74 Å². The maximum absolute atomic E-state index is 12.2. The average Bonchev–Trinajstić information content (AvgIpc) is 2.20. The van der Waals surface area contributed by atoms with E-state index in [1.54, 1.807) is 6.07 Å². The summed E-state index contributed by atoms with van der Waals surface area (Å²) < 4.78 is 28.8. The van der Waals surface area contributed by atoms with Gasteiger partial charge < -0.3 is 4.74 Å². The van der Waals surface area contributed by atoms with Gasteiger partial charge in [-0.15, -0.1) is 0 Å². The molecule has 0 aromatic heterocycles. The molecule has 1 nitrogen and oxygen atoms in total. The molecule has 0 saturated heterocycles. The monoisotopic (exact) mass is 214 g/mol. The van der Waals surface area contributed by atoms with Crippen LogP contribution >= 0.6 is 0 Å². The van der Waals surface area contributed by atoms with Gasteiger partial charge in [-0.3, -0.25) is 0 Å². The SMILES string of the molecule is CCCc1ccc(CC)cc1OC(F)F. The minimum atomic E-state index is -2.74. The van der Waals surface area contributed by atoms with Crippen LogP contribution in [0.1, 0.15) is 31.4 Å². The van der Waals surface area contributed by atoms with E-state index in [-0.39, 0.29) is 0 Å². The van der Waals surface area contributed by atoms with Crippen LogP contribution in [0.5, 0.6) is 5.75 Å². The van der Waals surface area contributed by atoms with Gasteiger partial charge in [0, 0.05) is 0 Å². The van der Waals surface area contributed by atoms with Crippen molar-refractivity contribution in [2.24, 2.45) is 0 Å². The fourth-order valence-electron chi connectivity index (χ4n) is 1.50. The van der Waals surface area contributed by atoms with Crippen LogP contribution in [0, 0.1) is 0 Å². The highest BCUT2D eigenvalue weighted by molar-refractivity contribution is 5.37. The number of hydrogen-bond acceptors (Lipinski definition) is 1. The topological polar surface area (TPSA) is 9.23 Å². The number of ether oxygens (including phenoxy) is 1. The van der Waals surface area contributed by atoms with Gasteiger partial charge in [0.1, 0.15) is 5.75 Å². The van der Waals surface area contributed by atoms with Crippen molar-refractivity contribution in [1.29, 1.82) is 0 Å². The molecule has 0 atom stereocenters. The van der Waals surface area contributed by atoms with Crippen LogP contribution in [0.3, 0.4) is 0 Å². The summed E-state index contributed by atoms with van der Waals surface area (Å²) >= 11 is 0. The minimum Gasteiger partial charge on any atom is -0.435 e. The lowest BCUT2D eigenvalue weighted by atomic mass is 10.1. The van der Waals surface area contributed by atoms with Crippen LogP contribution in [0.15, 0.2) is 18.2 Å². The Bertz CT molecular complexity index is 310. The summed E-state index contributed by atoms with van der Waals surface area (Å²) in [7, 11) is 0. The Morgan fingerprint density at radius 1 is 1.27 bits per heavy atom. The van der Waals surface area contributed by atoms with Gasteiger partial charge in [-0.2, -0.15) is 8.78 Å². The average molecular weight is 214 g/mol. The number of hydrogen-bond donors (Lipinski definition) is 0. The lowest BCUT2D eigenvalue weighted by Crippen LogP contribution is -2.05. The normalized spacial score (nSPS) is 10.7. The third-order valence-electron chi connectivity index (χ3n) is 2.28. The lowest BCUT2D eigenvalue weighted by Gasteiger charge is -2.11. The van der Waals surface area contributed by atoms with Gasteiger partial charge in [0.25, 0.3) is 0 Å². The van der Waals surface area contributed by atoms with E-state index in [1.807, 2.05) is 26.0 Å². The second-order valence-corrected chi connectivity index (χ2v) is 3.42. The van der Waals surface area contributed by atoms with E-state index in [0.717, 1.165) is 30.4 Å². The Kier molecular flexibility index (Phi) is 4.53. The van der Waals surface area contributed by atoms with Crippen molar-refractivity contribution in [2.45, 2.75) is 39.7 Å². The molecule has 0 aliphatic heterocycles. The standard InChI is InChI=1S/C12H16F2O/c1-3-5-10-7-6-9(4-2)8-11(10)15-12(13)14/h6-8,12H,3-5H2,1-2H3. The molecule has 1 aromatic carbocycles. The first-order valence-corrected chi connectivity index (χ1v) is 5.24. The van der Waals surface area contributed by atoms with Gasteiger partial charge in [0.05, 0.1) is 0 Å². The van der Waals surface area contributed by atoms with E-state index in [0.29, 0.717) is 5.75 Å². The summed E-state index contributed by atoms with van der Waals surface area (Å²) in [6.45, 7) is 1.26. The minimum absolute atomic E-state index is 0.325. The second kappa shape index (κ2) is 5.69. The molecule has 0 saturated carbocycles. The molecule has 0 unspecified atom stereocenters. The maximum Gasteiger partial charge on any atom is 0.387 e. The number of aryl methyl sites for hydroxylation is 2. The molecule has 1 rings (SSSR count). The number of alkyl halides is 2. The highest BCUT2D eigenvalue weighted by Crippen LogP contribution is 2.24. The number of halogens is 2. The molecule has 3 heteroatoms. The van der Waals surface area contributed by atoms with Crippen molar-refractivity contribution < 1.29 is 13.5 Å². The Morgan fingerprint density at radius 3 is 2.53 bits per heavy atom. The molecule has 84 valence electrons. The van der Waals surface area contributed by atoms with Crippen molar-refractivity contribution in [3.8, 4) is 5.75 Å². The zero-order chi connectivity index (χ0) is 11.3. The Morgan fingerprint density at radius 2 is 2.00 bits per heavy atom. The molecule has 15 heavy (non-hydrogen) atoms. The molecule has 1 aromatic rings. The molecule has 0 N–H and O–H groups in total. The van der Waals surface area contributed by atoms with E-state index in [9.17, 15) is 8.78 Å². The van der Waals surface area contributed by atoms with Crippen LogP contribution in [-0.2, 0) is 12.8 Å². The highest BCUT2D eigenvalue weighted by atomic mass is 19.3. The van der Waals surface area contributed by atoms with E-state index in [2.05, 4.69) is 4.74 Å². The maximum atomic E-state index is 12.2. The fourth-order valence-corrected chi connectivity index (χ4v) is 1.50. The van der Waals surface area contributed by atoms with Gasteiger partial charge in [0.15, 0.2) is 0 Å². The molecule has 0 spiro atoms. The Balaban J connectivity index is 2.93. The van der Waals surface area contributed by atoms with Gasteiger partial charge in [0.2, 0.25) is 0 Å². The van der Waals surface area contributed by atoms with Gasteiger partial charge in [-0.05, 0) is 30.0 Å². The molecular formula is C12H16F2O. The van der Waals surface area contributed by atoms with Gasteiger partial charge >= 0.3 is 6.61 Å². The molecule has 0 aliphatic rings. The summed E-state index contributed by atoms with van der Waals surface area (Å²) in [4.78, 5) is 0. The lowest BCUT2D eigenvalue weighted by molar-refractivity contribution is -0.0504. The first-order valence-electron chi connectivity index (χ1n) is 5.24. The molecule has 0 bridgehead atoms. The second-order valence-electron chi connectivity index (χ2n) is 3.42. The zero-order valence-electron chi connectivity index (χ0n) is 9.09. The molecular weight excluding hydrogens is 198 g/mol. The zero-order valence-corrected chi connectivity index (χ0v) is 9.09. The van der Waals surface area contributed by atoms with Gasteiger partial charge in [-0.1, -0.05) is 32.4 Å². The van der Waals surface area contributed by atoms with Crippen LogP contribution in [-0.4, -0.2) is 6.61 Å². The third-order valence-corrected chi connectivity index (χ3v) is 2.28. The van der Waals surface area contributed by atoms with E-state index < -0.39 is 6.61 Å². The molecule has 0 fully saturated rings. The fraction of sp³-hybridized carbons (Fsp3) is 0.500. The molecule has 0 heterocycles. The molecule has 0 amide bonds. The third kappa shape index (κ3) is 3.50. The number of benzene rings is 1. The molecule has 0 aliphatic carbocycles. The quantitative estimate of drug-likeness (QED) is 0.724. The Hall–Kier alpha value is -1.12. The predicted octanol–water partition coefficient (Wildman–Crippen LogP) is 3.80. The van der Waals surface area contributed by atoms with Crippen LogP contribution in [0.25, 0.3) is 0 Å². The van der Waals surface area contributed by atoms with Crippen molar-refractivity contribution >= 4 is 0 Å². The number of rotatable bonds is 5. The van der Waals surface area contributed by atoms with Crippen molar-refractivity contribution in [2.75, 3.05) is 0 Å². The highest BCUT2D eigenvalue weighted by Gasteiger charge is 2.09. The largest absolute Gasteiger partial charge is 0.435 e. The summed E-state index contributed by atoms with van der Waals surface area (Å²) in [6, 6.07) is 5.54.